The first-order valence-electron chi connectivity index (χ1n) is 6.03. The summed E-state index contributed by atoms with van der Waals surface area (Å²) in [5.74, 6) is 0.720. The van der Waals surface area contributed by atoms with Crippen LogP contribution in [0.1, 0.15) is 38.2 Å². The van der Waals surface area contributed by atoms with Crippen molar-refractivity contribution >= 4 is 11.6 Å². The lowest BCUT2D eigenvalue weighted by molar-refractivity contribution is 0.0204. The van der Waals surface area contributed by atoms with Crippen LogP contribution in [0, 0.1) is 5.92 Å². The summed E-state index contributed by atoms with van der Waals surface area (Å²) in [5.41, 5.74) is 0.435. The summed E-state index contributed by atoms with van der Waals surface area (Å²) in [7, 11) is 0. The van der Waals surface area contributed by atoms with Gasteiger partial charge in [0.15, 0.2) is 0 Å². The highest BCUT2D eigenvalue weighted by Crippen LogP contribution is 2.35. The number of benzene rings is 1. The van der Waals surface area contributed by atoms with Gasteiger partial charge in [0, 0.05) is 11.4 Å². The first-order chi connectivity index (χ1) is 7.57. The van der Waals surface area contributed by atoms with Gasteiger partial charge in [-0.3, -0.25) is 0 Å². The van der Waals surface area contributed by atoms with Gasteiger partial charge in [-0.05, 0) is 30.9 Å². The van der Waals surface area contributed by atoms with Crippen molar-refractivity contribution in [2.24, 2.45) is 5.92 Å². The van der Waals surface area contributed by atoms with E-state index in [2.05, 4.69) is 0 Å². The van der Waals surface area contributed by atoms with E-state index in [1.165, 1.54) is 19.3 Å². The van der Waals surface area contributed by atoms with E-state index in [9.17, 15) is 5.11 Å². The molecule has 1 nitrogen and oxygen atoms in total. The smallest absolute Gasteiger partial charge is 0.0663 e. The lowest BCUT2D eigenvalue weighted by atomic mass is 9.76. The zero-order valence-corrected chi connectivity index (χ0v) is 10.5. The predicted molar refractivity (Wildman–Crippen MR) is 67.7 cm³/mol. The molecule has 2 rings (SSSR count). The van der Waals surface area contributed by atoms with Gasteiger partial charge in [0.2, 0.25) is 0 Å². The van der Waals surface area contributed by atoms with Crippen LogP contribution in [-0.4, -0.2) is 10.7 Å². The highest BCUT2D eigenvalue weighted by molar-refractivity contribution is 6.31. The molecule has 1 unspecified atom stereocenters. The van der Waals surface area contributed by atoms with Crippen molar-refractivity contribution in [3.63, 3.8) is 0 Å². The average molecular weight is 239 g/mol. The van der Waals surface area contributed by atoms with E-state index in [4.69, 9.17) is 11.6 Å². The number of rotatable bonds is 4. The fourth-order valence-corrected chi connectivity index (χ4v) is 2.65. The highest BCUT2D eigenvalue weighted by atomic mass is 35.5. The van der Waals surface area contributed by atoms with Crippen molar-refractivity contribution in [1.29, 1.82) is 0 Å². The third-order valence-electron chi connectivity index (χ3n) is 3.48. The Morgan fingerprint density at radius 1 is 1.38 bits per heavy atom. The van der Waals surface area contributed by atoms with Crippen molar-refractivity contribution < 1.29 is 5.11 Å². The number of hydrogen-bond donors (Lipinski definition) is 1. The van der Waals surface area contributed by atoms with Crippen LogP contribution >= 0.6 is 11.6 Å². The molecule has 0 aromatic heterocycles. The SMILES string of the molecule is CC(O)(Cc1ccccc1Cl)CC1CCC1. The fourth-order valence-electron chi connectivity index (χ4n) is 2.44. The molecule has 0 aliphatic heterocycles. The molecule has 0 saturated heterocycles. The molecule has 0 spiro atoms. The van der Waals surface area contributed by atoms with Gasteiger partial charge in [-0.1, -0.05) is 49.1 Å². The van der Waals surface area contributed by atoms with Gasteiger partial charge < -0.3 is 5.11 Å². The fraction of sp³-hybridized carbons (Fsp3) is 0.571. The maximum Gasteiger partial charge on any atom is 0.0663 e. The number of halogens is 1. The van der Waals surface area contributed by atoms with E-state index in [-0.39, 0.29) is 0 Å². The molecule has 88 valence electrons. The van der Waals surface area contributed by atoms with Gasteiger partial charge in [-0.2, -0.15) is 0 Å². The average Bonchev–Trinajstić information content (AvgIpc) is 2.16. The van der Waals surface area contributed by atoms with Gasteiger partial charge in [-0.15, -0.1) is 0 Å². The summed E-state index contributed by atoms with van der Waals surface area (Å²) in [4.78, 5) is 0. The van der Waals surface area contributed by atoms with Crippen LogP contribution in [0.3, 0.4) is 0 Å². The molecule has 0 amide bonds. The van der Waals surface area contributed by atoms with E-state index in [0.717, 1.165) is 22.9 Å². The minimum atomic E-state index is -0.615. The Labute approximate surface area is 102 Å². The summed E-state index contributed by atoms with van der Waals surface area (Å²) in [5, 5.41) is 11.1. The Morgan fingerprint density at radius 3 is 2.62 bits per heavy atom. The maximum absolute atomic E-state index is 10.4. The number of hydrogen-bond acceptors (Lipinski definition) is 1. The number of aliphatic hydroxyl groups is 1. The summed E-state index contributed by atoms with van der Waals surface area (Å²) < 4.78 is 0. The second-order valence-corrected chi connectivity index (χ2v) is 5.67. The van der Waals surface area contributed by atoms with E-state index in [0.29, 0.717) is 6.42 Å². The zero-order chi connectivity index (χ0) is 11.6. The summed E-state index contributed by atoms with van der Waals surface area (Å²) >= 11 is 6.10. The predicted octanol–water partition coefficient (Wildman–Crippen LogP) is 3.82. The van der Waals surface area contributed by atoms with Crippen LogP contribution < -0.4 is 0 Å². The van der Waals surface area contributed by atoms with Gasteiger partial charge in [0.1, 0.15) is 0 Å². The molecule has 1 N–H and O–H groups in total. The van der Waals surface area contributed by atoms with Crippen molar-refractivity contribution in [1.82, 2.24) is 0 Å². The van der Waals surface area contributed by atoms with Crippen LogP contribution in [-0.2, 0) is 6.42 Å². The third-order valence-corrected chi connectivity index (χ3v) is 3.85. The van der Waals surface area contributed by atoms with Crippen LogP contribution in [0.4, 0.5) is 0 Å². The Hall–Kier alpha value is -0.530. The van der Waals surface area contributed by atoms with Crippen molar-refractivity contribution in [2.45, 2.75) is 44.6 Å². The molecule has 2 heteroatoms. The van der Waals surface area contributed by atoms with Crippen LogP contribution in [0.5, 0.6) is 0 Å². The summed E-state index contributed by atoms with van der Waals surface area (Å²) in [6.45, 7) is 1.93. The van der Waals surface area contributed by atoms with Crippen LogP contribution in [0.2, 0.25) is 5.02 Å². The van der Waals surface area contributed by atoms with Gasteiger partial charge in [0.25, 0.3) is 0 Å². The minimum Gasteiger partial charge on any atom is -0.390 e. The first-order valence-corrected chi connectivity index (χ1v) is 6.40. The summed E-state index contributed by atoms with van der Waals surface area (Å²) in [6, 6.07) is 7.78. The Kier molecular flexibility index (Phi) is 3.56. The molecule has 1 aromatic rings. The van der Waals surface area contributed by atoms with Gasteiger partial charge in [-0.25, -0.2) is 0 Å². The molecule has 1 saturated carbocycles. The lowest BCUT2D eigenvalue weighted by Crippen LogP contribution is -2.32. The van der Waals surface area contributed by atoms with Crippen LogP contribution in [0.15, 0.2) is 24.3 Å². The van der Waals surface area contributed by atoms with Crippen molar-refractivity contribution in [2.75, 3.05) is 0 Å². The molecular formula is C14H19ClO. The standard InChI is InChI=1S/C14H19ClO/c1-14(16,9-11-5-4-6-11)10-12-7-2-3-8-13(12)15/h2-3,7-8,11,16H,4-6,9-10H2,1H3. The normalized spacial score (nSPS) is 20.2. The molecule has 0 radical (unpaired) electrons. The minimum absolute atomic E-state index is 0.615. The van der Waals surface area contributed by atoms with Crippen LogP contribution in [0.25, 0.3) is 0 Å². The van der Waals surface area contributed by atoms with E-state index in [1.807, 2.05) is 31.2 Å². The third kappa shape index (κ3) is 2.99. The topological polar surface area (TPSA) is 20.2 Å². The molecule has 1 fully saturated rings. The highest BCUT2D eigenvalue weighted by Gasteiger charge is 2.29. The molecule has 1 aliphatic rings. The molecular weight excluding hydrogens is 220 g/mol. The van der Waals surface area contributed by atoms with E-state index >= 15 is 0 Å². The Morgan fingerprint density at radius 2 is 2.06 bits per heavy atom. The monoisotopic (exact) mass is 238 g/mol. The molecule has 0 heterocycles. The quantitative estimate of drug-likeness (QED) is 0.846. The van der Waals surface area contributed by atoms with Crippen molar-refractivity contribution in [3.8, 4) is 0 Å². The molecule has 1 aliphatic carbocycles. The van der Waals surface area contributed by atoms with Gasteiger partial charge in [0.05, 0.1) is 5.60 Å². The van der Waals surface area contributed by atoms with Crippen molar-refractivity contribution in [3.05, 3.63) is 34.9 Å². The Balaban J connectivity index is 1.99. The largest absolute Gasteiger partial charge is 0.390 e. The maximum atomic E-state index is 10.4. The van der Waals surface area contributed by atoms with Gasteiger partial charge >= 0.3 is 0 Å². The second-order valence-electron chi connectivity index (χ2n) is 5.27. The molecule has 0 bridgehead atoms. The second kappa shape index (κ2) is 4.77. The first kappa shape index (κ1) is 11.9. The Bertz CT molecular complexity index is 356. The molecule has 16 heavy (non-hydrogen) atoms. The summed E-state index contributed by atoms with van der Waals surface area (Å²) in [6.07, 6.45) is 5.44. The van der Waals surface area contributed by atoms with E-state index in [1.54, 1.807) is 0 Å². The van der Waals surface area contributed by atoms with E-state index < -0.39 is 5.60 Å². The zero-order valence-electron chi connectivity index (χ0n) is 9.75. The molecule has 1 aromatic carbocycles. The molecule has 1 atom stereocenters. The lowest BCUT2D eigenvalue weighted by Gasteiger charge is -2.33.